The van der Waals surface area contributed by atoms with Gasteiger partial charge in [-0.3, -0.25) is 4.79 Å². The van der Waals surface area contributed by atoms with Crippen LogP contribution in [0.3, 0.4) is 0 Å². The number of carbonyl (C=O) groups is 2. The topological polar surface area (TPSA) is 67.4 Å². The summed E-state index contributed by atoms with van der Waals surface area (Å²) in [7, 11) is 0. The van der Waals surface area contributed by atoms with Gasteiger partial charge in [0, 0.05) is 10.2 Å². The molecule has 5 nitrogen and oxygen atoms in total. The third-order valence-corrected chi connectivity index (χ3v) is 3.94. The van der Waals surface area contributed by atoms with Crippen molar-refractivity contribution in [2.24, 2.45) is 0 Å². The molecule has 2 rings (SSSR count). The first-order valence-electron chi connectivity index (χ1n) is 8.33. The van der Waals surface area contributed by atoms with E-state index >= 15 is 0 Å². The number of rotatable bonds is 5. The Labute approximate surface area is 162 Å². The molecule has 0 heterocycles. The van der Waals surface area contributed by atoms with Crippen LogP contribution in [-0.2, 0) is 9.53 Å². The summed E-state index contributed by atoms with van der Waals surface area (Å²) in [5.74, 6) is -0.197. The van der Waals surface area contributed by atoms with Crippen LogP contribution in [0.5, 0.6) is 0 Å². The van der Waals surface area contributed by atoms with Crippen LogP contribution >= 0.6 is 15.9 Å². The van der Waals surface area contributed by atoms with Crippen LogP contribution in [0, 0.1) is 0 Å². The standard InChI is InChI=1S/C20H23BrN2O3/c1-20(2,3)26-19(25)23-17(14-7-5-4-6-8-14)13-18(24)22-16-11-9-15(21)10-12-16/h4-12,17H,13H2,1-3H3,(H,22,24)(H,23,25)/t17-/m1/s1. The van der Waals surface area contributed by atoms with E-state index in [1.807, 2.05) is 42.5 Å². The zero-order valence-corrected chi connectivity index (χ0v) is 16.7. The van der Waals surface area contributed by atoms with Crippen molar-refractivity contribution >= 4 is 33.6 Å². The van der Waals surface area contributed by atoms with Gasteiger partial charge >= 0.3 is 6.09 Å². The molecule has 0 saturated carbocycles. The lowest BCUT2D eigenvalue weighted by atomic mass is 10.0. The SMILES string of the molecule is CC(C)(C)OC(=O)N[C@H](CC(=O)Nc1ccc(Br)cc1)c1ccccc1. The van der Waals surface area contributed by atoms with Crippen LogP contribution < -0.4 is 10.6 Å². The van der Waals surface area contributed by atoms with Gasteiger partial charge in [-0.2, -0.15) is 0 Å². The molecule has 0 aliphatic rings. The number of carbonyl (C=O) groups excluding carboxylic acids is 2. The van der Waals surface area contributed by atoms with Crippen LogP contribution in [-0.4, -0.2) is 17.6 Å². The molecule has 0 spiro atoms. The van der Waals surface area contributed by atoms with E-state index in [0.717, 1.165) is 10.0 Å². The van der Waals surface area contributed by atoms with E-state index in [9.17, 15) is 9.59 Å². The lowest BCUT2D eigenvalue weighted by molar-refractivity contribution is -0.116. The average molecular weight is 419 g/mol. The Bertz CT molecular complexity index is 740. The Morgan fingerprint density at radius 3 is 2.23 bits per heavy atom. The first-order valence-corrected chi connectivity index (χ1v) is 9.12. The molecule has 6 heteroatoms. The van der Waals surface area contributed by atoms with E-state index in [0.29, 0.717) is 5.69 Å². The van der Waals surface area contributed by atoms with E-state index in [-0.39, 0.29) is 12.3 Å². The Hall–Kier alpha value is -2.34. The summed E-state index contributed by atoms with van der Waals surface area (Å²) in [4.78, 5) is 24.6. The van der Waals surface area contributed by atoms with Gasteiger partial charge < -0.3 is 15.4 Å². The smallest absolute Gasteiger partial charge is 0.408 e. The lowest BCUT2D eigenvalue weighted by Crippen LogP contribution is -2.36. The second-order valence-electron chi connectivity index (χ2n) is 6.87. The largest absolute Gasteiger partial charge is 0.444 e. The molecule has 2 aromatic rings. The summed E-state index contributed by atoms with van der Waals surface area (Å²) < 4.78 is 6.25. The van der Waals surface area contributed by atoms with Crippen molar-refractivity contribution in [1.82, 2.24) is 5.32 Å². The molecule has 2 aromatic carbocycles. The fourth-order valence-corrected chi connectivity index (χ4v) is 2.58. The number of halogens is 1. The van der Waals surface area contributed by atoms with Gasteiger partial charge in [-0.25, -0.2) is 4.79 Å². The normalized spacial score (nSPS) is 12.2. The fraction of sp³-hybridized carbons (Fsp3) is 0.300. The van der Waals surface area contributed by atoms with Gasteiger partial charge in [0.1, 0.15) is 5.60 Å². The number of hydrogen-bond acceptors (Lipinski definition) is 3. The van der Waals surface area contributed by atoms with Crippen LogP contribution in [0.4, 0.5) is 10.5 Å². The predicted octanol–water partition coefficient (Wildman–Crippen LogP) is 5.04. The van der Waals surface area contributed by atoms with Crippen molar-refractivity contribution in [3.8, 4) is 0 Å². The summed E-state index contributed by atoms with van der Waals surface area (Å²) in [6, 6.07) is 16.2. The monoisotopic (exact) mass is 418 g/mol. The molecule has 0 bridgehead atoms. The maximum Gasteiger partial charge on any atom is 0.408 e. The van der Waals surface area contributed by atoms with E-state index in [2.05, 4.69) is 26.6 Å². The maximum absolute atomic E-state index is 12.4. The minimum atomic E-state index is -0.606. The minimum Gasteiger partial charge on any atom is -0.444 e. The summed E-state index contributed by atoms with van der Waals surface area (Å²) in [5, 5.41) is 5.63. The molecule has 26 heavy (non-hydrogen) atoms. The van der Waals surface area contributed by atoms with Gasteiger partial charge in [0.25, 0.3) is 0 Å². The van der Waals surface area contributed by atoms with Crippen LogP contribution in [0.1, 0.15) is 38.8 Å². The van der Waals surface area contributed by atoms with E-state index in [4.69, 9.17) is 4.74 Å². The summed E-state index contributed by atoms with van der Waals surface area (Å²) in [5.41, 5.74) is 0.928. The van der Waals surface area contributed by atoms with Gasteiger partial charge in [-0.1, -0.05) is 46.3 Å². The first kappa shape index (κ1) is 20.0. The van der Waals surface area contributed by atoms with Crippen LogP contribution in [0.15, 0.2) is 59.1 Å². The van der Waals surface area contributed by atoms with Gasteiger partial charge in [-0.05, 0) is 50.6 Å². The van der Waals surface area contributed by atoms with E-state index in [1.54, 1.807) is 32.9 Å². The second-order valence-corrected chi connectivity index (χ2v) is 7.78. The Kier molecular flexibility index (Phi) is 6.80. The number of ether oxygens (including phenoxy) is 1. The zero-order chi connectivity index (χ0) is 19.2. The number of benzene rings is 2. The minimum absolute atomic E-state index is 0.0965. The first-order chi connectivity index (χ1) is 12.2. The molecule has 0 unspecified atom stereocenters. The third kappa shape index (κ3) is 6.88. The van der Waals surface area contributed by atoms with Crippen molar-refractivity contribution in [2.75, 3.05) is 5.32 Å². The fourth-order valence-electron chi connectivity index (χ4n) is 2.32. The Balaban J connectivity index is 2.07. The number of amides is 2. The van der Waals surface area contributed by atoms with Crippen molar-refractivity contribution < 1.29 is 14.3 Å². The Morgan fingerprint density at radius 2 is 1.65 bits per heavy atom. The highest BCUT2D eigenvalue weighted by atomic mass is 79.9. The molecule has 0 aromatic heterocycles. The molecular formula is C20H23BrN2O3. The molecule has 0 radical (unpaired) electrons. The van der Waals surface area contributed by atoms with E-state index < -0.39 is 17.7 Å². The van der Waals surface area contributed by atoms with Gasteiger partial charge in [0.05, 0.1) is 12.5 Å². The summed E-state index contributed by atoms with van der Waals surface area (Å²) >= 11 is 3.36. The number of hydrogen-bond donors (Lipinski definition) is 2. The predicted molar refractivity (Wildman–Crippen MR) is 106 cm³/mol. The Morgan fingerprint density at radius 1 is 1.04 bits per heavy atom. The van der Waals surface area contributed by atoms with Crippen molar-refractivity contribution in [3.05, 3.63) is 64.6 Å². The van der Waals surface area contributed by atoms with Gasteiger partial charge in [0.2, 0.25) is 5.91 Å². The highest BCUT2D eigenvalue weighted by Gasteiger charge is 2.22. The highest BCUT2D eigenvalue weighted by molar-refractivity contribution is 9.10. The molecule has 2 amide bonds. The van der Waals surface area contributed by atoms with Crippen molar-refractivity contribution in [3.63, 3.8) is 0 Å². The van der Waals surface area contributed by atoms with Crippen LogP contribution in [0.25, 0.3) is 0 Å². The molecule has 2 N–H and O–H groups in total. The van der Waals surface area contributed by atoms with Crippen molar-refractivity contribution in [1.29, 1.82) is 0 Å². The lowest BCUT2D eigenvalue weighted by Gasteiger charge is -2.23. The maximum atomic E-state index is 12.4. The zero-order valence-electron chi connectivity index (χ0n) is 15.1. The number of alkyl carbamates (subject to hydrolysis) is 1. The molecule has 0 fully saturated rings. The molecule has 0 aliphatic carbocycles. The molecule has 138 valence electrons. The molecule has 1 atom stereocenters. The summed E-state index contributed by atoms with van der Waals surface area (Å²) in [6.07, 6.45) is -0.456. The van der Waals surface area contributed by atoms with Crippen molar-refractivity contribution in [2.45, 2.75) is 38.8 Å². The van der Waals surface area contributed by atoms with Gasteiger partial charge in [0.15, 0.2) is 0 Å². The number of nitrogens with one attached hydrogen (secondary N) is 2. The van der Waals surface area contributed by atoms with E-state index in [1.165, 1.54) is 0 Å². The molecule has 0 aliphatic heterocycles. The highest BCUT2D eigenvalue weighted by Crippen LogP contribution is 2.20. The number of anilines is 1. The molecular weight excluding hydrogens is 396 g/mol. The van der Waals surface area contributed by atoms with Crippen LogP contribution in [0.2, 0.25) is 0 Å². The second kappa shape index (κ2) is 8.85. The van der Waals surface area contributed by atoms with Gasteiger partial charge in [-0.15, -0.1) is 0 Å². The molecule has 0 saturated heterocycles. The summed E-state index contributed by atoms with van der Waals surface area (Å²) in [6.45, 7) is 5.39. The quantitative estimate of drug-likeness (QED) is 0.713. The average Bonchev–Trinajstić information content (AvgIpc) is 2.55. The third-order valence-electron chi connectivity index (χ3n) is 3.41.